The van der Waals surface area contributed by atoms with E-state index in [4.69, 9.17) is 4.74 Å². The van der Waals surface area contributed by atoms with E-state index in [1.54, 1.807) is 0 Å². The van der Waals surface area contributed by atoms with Gasteiger partial charge in [0.2, 0.25) is 5.91 Å². The summed E-state index contributed by atoms with van der Waals surface area (Å²) in [5.41, 5.74) is 0.783. The quantitative estimate of drug-likeness (QED) is 0.761. The second-order valence-electron chi connectivity index (χ2n) is 5.38. The smallest absolute Gasteiger partial charge is 0.225 e. The molecule has 3 rings (SSSR count). The van der Waals surface area contributed by atoms with Gasteiger partial charge in [-0.1, -0.05) is 30.3 Å². The van der Waals surface area contributed by atoms with Crippen LogP contribution in [0.4, 0.5) is 0 Å². The lowest BCUT2D eigenvalue weighted by molar-refractivity contribution is -0.147. The molecule has 0 bridgehead atoms. The Bertz CT molecular complexity index is 445. The predicted octanol–water partition coefficient (Wildman–Crippen LogP) is 2.88. The highest BCUT2D eigenvalue weighted by atomic mass is 16.5. The lowest BCUT2D eigenvalue weighted by Crippen LogP contribution is -2.45. The van der Waals surface area contributed by atoms with E-state index < -0.39 is 5.72 Å². The number of hydrogen-bond donors (Lipinski definition) is 0. The highest BCUT2D eigenvalue weighted by molar-refractivity contribution is 5.78. The van der Waals surface area contributed by atoms with E-state index in [1.807, 2.05) is 23.1 Å². The number of carbonyl (C=O) groups is 1. The molecule has 0 unspecified atom stereocenters. The molecule has 1 aromatic carbocycles. The summed E-state index contributed by atoms with van der Waals surface area (Å²) in [5.74, 6) is 0.237. The Hall–Kier alpha value is -1.35. The molecule has 1 aromatic rings. The molecule has 1 amide bonds. The summed E-state index contributed by atoms with van der Waals surface area (Å²) in [6.45, 7) is 2.67. The average Bonchev–Trinajstić information content (AvgIpc) is 2.66. The molecule has 18 heavy (non-hydrogen) atoms. The van der Waals surface area contributed by atoms with Crippen LogP contribution < -0.4 is 0 Å². The highest BCUT2D eigenvalue weighted by Crippen LogP contribution is 2.42. The van der Waals surface area contributed by atoms with Crippen molar-refractivity contribution in [3.05, 3.63) is 35.9 Å². The van der Waals surface area contributed by atoms with Crippen molar-refractivity contribution in [2.24, 2.45) is 0 Å². The number of hydrogen-bond acceptors (Lipinski definition) is 2. The summed E-state index contributed by atoms with van der Waals surface area (Å²) in [4.78, 5) is 14.3. The average molecular weight is 245 g/mol. The van der Waals surface area contributed by atoms with Gasteiger partial charge in [0.05, 0.1) is 12.6 Å². The van der Waals surface area contributed by atoms with Crippen molar-refractivity contribution >= 4 is 5.91 Å². The molecule has 3 heteroatoms. The Morgan fingerprint density at radius 3 is 2.83 bits per heavy atom. The molecule has 0 N–H and O–H groups in total. The first-order valence-electron chi connectivity index (χ1n) is 6.72. The third kappa shape index (κ3) is 1.83. The molecule has 2 saturated heterocycles. The number of amides is 1. The van der Waals surface area contributed by atoms with Crippen molar-refractivity contribution in [2.75, 3.05) is 6.61 Å². The molecule has 2 atom stereocenters. The molecular weight excluding hydrogens is 226 g/mol. The second kappa shape index (κ2) is 4.39. The molecule has 0 aromatic heterocycles. The summed E-state index contributed by atoms with van der Waals surface area (Å²) < 4.78 is 5.97. The van der Waals surface area contributed by atoms with Gasteiger partial charge in [-0.2, -0.15) is 0 Å². The van der Waals surface area contributed by atoms with Crippen molar-refractivity contribution in [2.45, 2.75) is 44.4 Å². The standard InChI is InChI=1S/C15H19NO2/c1-15-10-6-5-9-14(17)16(15)13(11-18-15)12-7-3-2-4-8-12/h2-4,7-8,13H,5-6,9-11H2,1H3/t13-,15+/m0/s1. The summed E-state index contributed by atoms with van der Waals surface area (Å²) in [5, 5.41) is 0. The van der Waals surface area contributed by atoms with Crippen LogP contribution in [0.5, 0.6) is 0 Å². The number of rotatable bonds is 1. The summed E-state index contributed by atoms with van der Waals surface area (Å²) in [7, 11) is 0. The first-order chi connectivity index (χ1) is 8.71. The number of fused-ring (bicyclic) bond motifs is 1. The minimum atomic E-state index is -0.395. The van der Waals surface area contributed by atoms with E-state index in [1.165, 1.54) is 5.56 Å². The molecule has 2 fully saturated rings. The Kier molecular flexibility index (Phi) is 2.86. The van der Waals surface area contributed by atoms with Crippen LogP contribution in [0.2, 0.25) is 0 Å². The maximum atomic E-state index is 12.3. The van der Waals surface area contributed by atoms with Gasteiger partial charge in [-0.15, -0.1) is 0 Å². The van der Waals surface area contributed by atoms with Crippen LogP contribution in [0.3, 0.4) is 0 Å². The molecule has 96 valence electrons. The number of carbonyl (C=O) groups excluding carboxylic acids is 1. The van der Waals surface area contributed by atoms with E-state index in [0.29, 0.717) is 13.0 Å². The third-order valence-electron chi connectivity index (χ3n) is 4.11. The van der Waals surface area contributed by atoms with Crippen molar-refractivity contribution in [1.29, 1.82) is 0 Å². The number of benzene rings is 1. The molecule has 3 nitrogen and oxygen atoms in total. The van der Waals surface area contributed by atoms with E-state index in [9.17, 15) is 4.79 Å². The van der Waals surface area contributed by atoms with Crippen molar-refractivity contribution < 1.29 is 9.53 Å². The maximum absolute atomic E-state index is 12.3. The lowest BCUT2D eigenvalue weighted by Gasteiger charge is -2.35. The Balaban J connectivity index is 1.96. The largest absolute Gasteiger partial charge is 0.353 e. The number of nitrogens with zero attached hydrogens (tertiary/aromatic N) is 1. The molecule has 2 aliphatic heterocycles. The number of ether oxygens (including phenoxy) is 1. The minimum absolute atomic E-state index is 0.0850. The van der Waals surface area contributed by atoms with E-state index in [2.05, 4.69) is 19.1 Å². The monoisotopic (exact) mass is 245 g/mol. The fraction of sp³-hybridized carbons (Fsp3) is 0.533. The zero-order valence-electron chi connectivity index (χ0n) is 10.8. The van der Waals surface area contributed by atoms with Crippen LogP contribution in [0.15, 0.2) is 30.3 Å². The predicted molar refractivity (Wildman–Crippen MR) is 68.9 cm³/mol. The van der Waals surface area contributed by atoms with Crippen LogP contribution in [0.25, 0.3) is 0 Å². The molecule has 0 aliphatic carbocycles. The highest BCUT2D eigenvalue weighted by Gasteiger charge is 2.47. The lowest BCUT2D eigenvalue weighted by atomic mass is 10.0. The molecule has 2 heterocycles. The van der Waals surface area contributed by atoms with Gasteiger partial charge in [-0.05, 0) is 31.7 Å². The summed E-state index contributed by atoms with van der Waals surface area (Å²) >= 11 is 0. The van der Waals surface area contributed by atoms with Gasteiger partial charge >= 0.3 is 0 Å². The molecule has 0 saturated carbocycles. The first kappa shape index (κ1) is 11.7. The molecule has 0 spiro atoms. The van der Waals surface area contributed by atoms with Crippen LogP contribution in [0, 0.1) is 0 Å². The first-order valence-corrected chi connectivity index (χ1v) is 6.72. The van der Waals surface area contributed by atoms with E-state index in [0.717, 1.165) is 19.3 Å². The van der Waals surface area contributed by atoms with Crippen molar-refractivity contribution in [3.8, 4) is 0 Å². The Morgan fingerprint density at radius 2 is 2.06 bits per heavy atom. The summed E-state index contributed by atoms with van der Waals surface area (Å²) in [6.07, 6.45) is 3.65. The Morgan fingerprint density at radius 1 is 1.28 bits per heavy atom. The molecular formula is C15H19NO2. The van der Waals surface area contributed by atoms with Gasteiger partial charge in [0.25, 0.3) is 0 Å². The van der Waals surface area contributed by atoms with Gasteiger partial charge in [-0.3, -0.25) is 4.79 Å². The zero-order valence-corrected chi connectivity index (χ0v) is 10.8. The minimum Gasteiger partial charge on any atom is -0.353 e. The molecule has 0 radical (unpaired) electrons. The van der Waals surface area contributed by atoms with Gasteiger partial charge in [0, 0.05) is 6.42 Å². The normalized spacial score (nSPS) is 32.2. The van der Waals surface area contributed by atoms with Gasteiger partial charge in [-0.25, -0.2) is 0 Å². The van der Waals surface area contributed by atoms with E-state index >= 15 is 0 Å². The maximum Gasteiger partial charge on any atom is 0.225 e. The van der Waals surface area contributed by atoms with Crippen LogP contribution in [0.1, 0.15) is 44.2 Å². The zero-order chi connectivity index (χ0) is 12.6. The fourth-order valence-electron chi connectivity index (χ4n) is 3.13. The third-order valence-corrected chi connectivity index (χ3v) is 4.11. The Labute approximate surface area is 108 Å². The van der Waals surface area contributed by atoms with Crippen molar-refractivity contribution in [3.63, 3.8) is 0 Å². The topological polar surface area (TPSA) is 29.5 Å². The van der Waals surface area contributed by atoms with Crippen LogP contribution in [-0.2, 0) is 9.53 Å². The van der Waals surface area contributed by atoms with Gasteiger partial charge in [0.1, 0.15) is 5.72 Å². The van der Waals surface area contributed by atoms with Crippen molar-refractivity contribution in [1.82, 2.24) is 4.90 Å². The van der Waals surface area contributed by atoms with Crippen LogP contribution >= 0.6 is 0 Å². The molecule has 2 aliphatic rings. The SMILES string of the molecule is C[C@@]12CCCCC(=O)N1[C@H](c1ccccc1)CO2. The van der Waals surface area contributed by atoms with Gasteiger partial charge in [0.15, 0.2) is 0 Å². The second-order valence-corrected chi connectivity index (χ2v) is 5.38. The summed E-state index contributed by atoms with van der Waals surface area (Å²) in [6, 6.07) is 10.3. The van der Waals surface area contributed by atoms with Crippen LogP contribution in [-0.4, -0.2) is 23.1 Å². The van der Waals surface area contributed by atoms with E-state index in [-0.39, 0.29) is 11.9 Å². The van der Waals surface area contributed by atoms with Gasteiger partial charge < -0.3 is 9.64 Å². The fourth-order valence-corrected chi connectivity index (χ4v) is 3.13.